The maximum Gasteiger partial charge on any atom is 0.309 e. The van der Waals surface area contributed by atoms with Crippen LogP contribution < -0.4 is 5.32 Å². The van der Waals surface area contributed by atoms with Crippen molar-refractivity contribution in [1.29, 1.82) is 0 Å². The summed E-state index contributed by atoms with van der Waals surface area (Å²) in [6.07, 6.45) is 3.56. The molecule has 0 atom stereocenters. The van der Waals surface area contributed by atoms with Gasteiger partial charge in [-0.15, -0.1) is 0 Å². The van der Waals surface area contributed by atoms with Crippen LogP contribution in [0, 0.1) is 5.92 Å². The predicted octanol–water partition coefficient (Wildman–Crippen LogP) is 0.995. The number of rotatable bonds is 6. The molecule has 0 aromatic heterocycles. The second-order valence-corrected chi connectivity index (χ2v) is 4.03. The summed E-state index contributed by atoms with van der Waals surface area (Å²) in [7, 11) is 0. The number of nitrogens with zero attached hydrogens (tertiary/aromatic N) is 1. The molecule has 1 aliphatic rings. The largest absolute Gasteiger partial charge is 0.466 e. The van der Waals surface area contributed by atoms with E-state index in [-0.39, 0.29) is 11.9 Å². The van der Waals surface area contributed by atoms with E-state index in [1.807, 2.05) is 6.92 Å². The lowest BCUT2D eigenvalue weighted by atomic mass is 9.97. The summed E-state index contributed by atoms with van der Waals surface area (Å²) >= 11 is 0. The molecule has 1 rings (SSSR count). The molecule has 1 N–H and O–H groups in total. The molecule has 0 unspecified atom stereocenters. The van der Waals surface area contributed by atoms with Gasteiger partial charge in [0.1, 0.15) is 0 Å². The Morgan fingerprint density at radius 1 is 1.56 bits per heavy atom. The van der Waals surface area contributed by atoms with Crippen LogP contribution in [0.3, 0.4) is 0 Å². The van der Waals surface area contributed by atoms with Gasteiger partial charge >= 0.3 is 5.97 Å². The quantitative estimate of drug-likeness (QED) is 0.542. The Balaban J connectivity index is 2.17. The number of nitrogens with one attached hydrogen (secondary N) is 1. The van der Waals surface area contributed by atoms with Gasteiger partial charge in [0.25, 0.3) is 0 Å². The third kappa shape index (κ3) is 4.23. The van der Waals surface area contributed by atoms with Crippen molar-refractivity contribution in [2.75, 3.05) is 32.8 Å². The zero-order chi connectivity index (χ0) is 11.8. The van der Waals surface area contributed by atoms with E-state index >= 15 is 0 Å². The van der Waals surface area contributed by atoms with Crippen LogP contribution in [0.4, 0.5) is 0 Å². The van der Waals surface area contributed by atoms with E-state index < -0.39 is 0 Å². The number of ether oxygens (including phenoxy) is 1. The van der Waals surface area contributed by atoms with E-state index in [9.17, 15) is 4.79 Å². The molecular weight excluding hydrogens is 204 g/mol. The maximum absolute atomic E-state index is 11.5. The average Bonchev–Trinajstić information content (AvgIpc) is 2.30. The topological polar surface area (TPSA) is 41.6 Å². The third-order valence-corrected chi connectivity index (χ3v) is 2.92. The van der Waals surface area contributed by atoms with Gasteiger partial charge in [-0.05, 0) is 39.1 Å². The van der Waals surface area contributed by atoms with E-state index in [4.69, 9.17) is 4.74 Å². The molecule has 0 aromatic rings. The third-order valence-electron chi connectivity index (χ3n) is 2.92. The van der Waals surface area contributed by atoms with Gasteiger partial charge in [-0.2, -0.15) is 0 Å². The molecule has 1 saturated heterocycles. The highest BCUT2D eigenvalue weighted by atomic mass is 16.5. The Morgan fingerprint density at radius 3 is 2.81 bits per heavy atom. The number of carbonyl (C=O) groups excluding carboxylic acids is 1. The number of hydrogen-bond donors (Lipinski definition) is 1. The van der Waals surface area contributed by atoms with Crippen LogP contribution in [0.15, 0.2) is 12.8 Å². The van der Waals surface area contributed by atoms with Crippen molar-refractivity contribution in [3.8, 4) is 0 Å². The van der Waals surface area contributed by atoms with Gasteiger partial charge < -0.3 is 15.0 Å². The molecule has 0 aromatic carbocycles. The van der Waals surface area contributed by atoms with Crippen molar-refractivity contribution in [3.63, 3.8) is 0 Å². The molecule has 0 radical (unpaired) electrons. The number of carbonyl (C=O) groups is 1. The van der Waals surface area contributed by atoms with Crippen molar-refractivity contribution in [2.24, 2.45) is 5.92 Å². The van der Waals surface area contributed by atoms with Crippen LogP contribution in [0.25, 0.3) is 0 Å². The van der Waals surface area contributed by atoms with Crippen molar-refractivity contribution in [1.82, 2.24) is 10.2 Å². The lowest BCUT2D eigenvalue weighted by Gasteiger charge is -2.30. The summed E-state index contributed by atoms with van der Waals surface area (Å²) in [5, 5.41) is 3.08. The zero-order valence-electron chi connectivity index (χ0n) is 10.1. The van der Waals surface area contributed by atoms with Crippen LogP contribution in [-0.2, 0) is 9.53 Å². The number of esters is 1. The molecule has 4 nitrogen and oxygen atoms in total. The highest BCUT2D eigenvalue weighted by molar-refractivity contribution is 5.72. The lowest BCUT2D eigenvalue weighted by Crippen LogP contribution is -2.39. The Kier molecular flexibility index (Phi) is 5.93. The van der Waals surface area contributed by atoms with Crippen LogP contribution in [-0.4, -0.2) is 43.7 Å². The standard InChI is InChI=1S/C12H22N2O2/c1-3-13-7-10-14-8-5-11(6-9-14)12(15)16-4-2/h3,11,13H,1,4-10H2,2H3. The van der Waals surface area contributed by atoms with Crippen molar-refractivity contribution in [2.45, 2.75) is 19.8 Å². The van der Waals surface area contributed by atoms with Crippen LogP contribution in [0.5, 0.6) is 0 Å². The molecule has 0 saturated carbocycles. The van der Waals surface area contributed by atoms with E-state index in [1.54, 1.807) is 6.20 Å². The lowest BCUT2D eigenvalue weighted by molar-refractivity contribution is -0.149. The summed E-state index contributed by atoms with van der Waals surface area (Å²) in [6.45, 7) is 9.87. The highest BCUT2D eigenvalue weighted by Crippen LogP contribution is 2.18. The molecule has 92 valence electrons. The average molecular weight is 226 g/mol. The van der Waals surface area contributed by atoms with Crippen molar-refractivity contribution >= 4 is 5.97 Å². The van der Waals surface area contributed by atoms with Crippen molar-refractivity contribution in [3.05, 3.63) is 12.8 Å². The van der Waals surface area contributed by atoms with Gasteiger partial charge in [-0.25, -0.2) is 0 Å². The first-order valence-corrected chi connectivity index (χ1v) is 6.01. The Morgan fingerprint density at radius 2 is 2.25 bits per heavy atom. The molecule has 0 aliphatic carbocycles. The van der Waals surface area contributed by atoms with Crippen molar-refractivity contribution < 1.29 is 9.53 Å². The minimum Gasteiger partial charge on any atom is -0.466 e. The fourth-order valence-electron chi connectivity index (χ4n) is 1.98. The first kappa shape index (κ1) is 13.0. The molecular formula is C12H22N2O2. The maximum atomic E-state index is 11.5. The normalized spacial score (nSPS) is 18.1. The van der Waals surface area contributed by atoms with E-state index in [0.29, 0.717) is 6.61 Å². The molecule has 0 spiro atoms. The Labute approximate surface area is 97.6 Å². The van der Waals surface area contributed by atoms with E-state index in [2.05, 4.69) is 16.8 Å². The SMILES string of the molecule is C=CNCCN1CCC(C(=O)OCC)CC1. The zero-order valence-corrected chi connectivity index (χ0v) is 10.1. The molecule has 0 amide bonds. The summed E-state index contributed by atoms with van der Waals surface area (Å²) in [6, 6.07) is 0. The predicted molar refractivity (Wildman–Crippen MR) is 64.0 cm³/mol. The molecule has 1 aliphatic heterocycles. The molecule has 16 heavy (non-hydrogen) atoms. The molecule has 1 fully saturated rings. The second-order valence-electron chi connectivity index (χ2n) is 4.03. The van der Waals surface area contributed by atoms with Gasteiger partial charge in [-0.3, -0.25) is 4.79 Å². The van der Waals surface area contributed by atoms with Gasteiger partial charge in [0.15, 0.2) is 0 Å². The van der Waals surface area contributed by atoms with Crippen LogP contribution in [0.1, 0.15) is 19.8 Å². The van der Waals surface area contributed by atoms with Gasteiger partial charge in [0, 0.05) is 13.1 Å². The summed E-state index contributed by atoms with van der Waals surface area (Å²) in [5.41, 5.74) is 0. The fraction of sp³-hybridized carbons (Fsp3) is 0.750. The van der Waals surface area contributed by atoms with Crippen LogP contribution >= 0.6 is 0 Å². The minimum absolute atomic E-state index is 0.0219. The van der Waals surface area contributed by atoms with Gasteiger partial charge in [-0.1, -0.05) is 6.58 Å². The minimum atomic E-state index is -0.0219. The van der Waals surface area contributed by atoms with Crippen LogP contribution in [0.2, 0.25) is 0 Å². The highest BCUT2D eigenvalue weighted by Gasteiger charge is 2.25. The van der Waals surface area contributed by atoms with E-state index in [0.717, 1.165) is 39.0 Å². The van der Waals surface area contributed by atoms with E-state index in [1.165, 1.54) is 0 Å². The Hall–Kier alpha value is -1.03. The first-order valence-electron chi connectivity index (χ1n) is 6.01. The molecule has 0 bridgehead atoms. The number of hydrogen-bond acceptors (Lipinski definition) is 4. The first-order chi connectivity index (χ1) is 7.77. The summed E-state index contributed by atoms with van der Waals surface area (Å²) < 4.78 is 5.03. The second kappa shape index (κ2) is 7.28. The molecule has 1 heterocycles. The number of likely N-dealkylation sites (tertiary alicyclic amines) is 1. The van der Waals surface area contributed by atoms with Gasteiger partial charge in [0.05, 0.1) is 12.5 Å². The number of piperidine rings is 1. The summed E-state index contributed by atoms with van der Waals surface area (Å²) in [5.74, 6) is 0.0925. The molecule has 4 heteroatoms. The smallest absolute Gasteiger partial charge is 0.309 e. The Bertz CT molecular complexity index is 223. The monoisotopic (exact) mass is 226 g/mol. The summed E-state index contributed by atoms with van der Waals surface area (Å²) in [4.78, 5) is 13.9. The fourth-order valence-corrected chi connectivity index (χ4v) is 1.98. The van der Waals surface area contributed by atoms with Gasteiger partial charge in [0.2, 0.25) is 0 Å².